The van der Waals surface area contributed by atoms with E-state index in [-0.39, 0.29) is 30.2 Å². The molecule has 1 N–H and O–H groups in total. The predicted octanol–water partition coefficient (Wildman–Crippen LogP) is 2.92. The lowest BCUT2D eigenvalue weighted by Gasteiger charge is -2.36. The van der Waals surface area contributed by atoms with Crippen LogP contribution in [0.5, 0.6) is 0 Å². The van der Waals surface area contributed by atoms with Gasteiger partial charge < -0.3 is 15.1 Å². The molecular formula is C19H27F3N4O. The fraction of sp³-hybridized carbons (Fsp3) is 0.684. The van der Waals surface area contributed by atoms with E-state index in [1.807, 2.05) is 0 Å². The molecule has 2 aliphatic heterocycles. The number of rotatable bonds is 4. The number of aromatic nitrogens is 1. The van der Waals surface area contributed by atoms with Crippen LogP contribution in [0.25, 0.3) is 0 Å². The summed E-state index contributed by atoms with van der Waals surface area (Å²) >= 11 is 0. The molecule has 5 nitrogen and oxygen atoms in total. The van der Waals surface area contributed by atoms with Crippen molar-refractivity contribution in [1.82, 2.24) is 15.2 Å². The van der Waals surface area contributed by atoms with Crippen molar-refractivity contribution in [3.63, 3.8) is 0 Å². The van der Waals surface area contributed by atoms with Crippen LogP contribution in [0.3, 0.4) is 0 Å². The molecule has 1 aromatic rings. The summed E-state index contributed by atoms with van der Waals surface area (Å²) in [5.74, 6) is -0.413. The Labute approximate surface area is 157 Å². The van der Waals surface area contributed by atoms with Crippen LogP contribution in [-0.4, -0.2) is 54.6 Å². The SMILES string of the molecule is CCN1CCC(NC(=O)[C@@H]2CCCN(c3ncccc3C(F)(F)F)C2)CC1. The average molecular weight is 384 g/mol. The Hall–Kier alpha value is -1.83. The Morgan fingerprint density at radius 3 is 2.67 bits per heavy atom. The predicted molar refractivity (Wildman–Crippen MR) is 97.5 cm³/mol. The maximum Gasteiger partial charge on any atom is 0.419 e. The van der Waals surface area contributed by atoms with Crippen molar-refractivity contribution in [2.75, 3.05) is 37.6 Å². The molecule has 0 aliphatic carbocycles. The van der Waals surface area contributed by atoms with Gasteiger partial charge in [-0.3, -0.25) is 4.79 Å². The lowest BCUT2D eigenvalue weighted by molar-refractivity contribution is -0.137. The smallest absolute Gasteiger partial charge is 0.355 e. The quantitative estimate of drug-likeness (QED) is 0.867. The third-order valence-corrected chi connectivity index (χ3v) is 5.56. The fourth-order valence-electron chi connectivity index (χ4n) is 3.97. The van der Waals surface area contributed by atoms with Gasteiger partial charge in [-0.25, -0.2) is 4.98 Å². The topological polar surface area (TPSA) is 48.5 Å². The van der Waals surface area contributed by atoms with Crippen LogP contribution >= 0.6 is 0 Å². The zero-order valence-corrected chi connectivity index (χ0v) is 15.6. The maximum atomic E-state index is 13.3. The van der Waals surface area contributed by atoms with Gasteiger partial charge in [0, 0.05) is 38.4 Å². The molecule has 1 atom stereocenters. The fourth-order valence-corrected chi connectivity index (χ4v) is 3.97. The van der Waals surface area contributed by atoms with E-state index >= 15 is 0 Å². The van der Waals surface area contributed by atoms with Gasteiger partial charge in [0.15, 0.2) is 0 Å². The van der Waals surface area contributed by atoms with Crippen molar-refractivity contribution in [3.8, 4) is 0 Å². The molecule has 3 heterocycles. The minimum atomic E-state index is -4.45. The summed E-state index contributed by atoms with van der Waals surface area (Å²) in [5, 5.41) is 3.12. The Bertz CT molecular complexity index is 644. The van der Waals surface area contributed by atoms with E-state index in [2.05, 4.69) is 22.1 Å². The Kier molecular flexibility index (Phi) is 6.24. The minimum absolute atomic E-state index is 0.0425. The van der Waals surface area contributed by atoms with E-state index in [1.54, 1.807) is 4.90 Å². The standard InChI is InChI=1S/C19H27F3N4O/c1-2-25-11-7-15(8-12-25)24-18(27)14-5-4-10-26(13-14)17-16(19(20,21)22)6-3-9-23-17/h3,6,9,14-15H,2,4-5,7-8,10-13H2,1H3,(H,24,27)/t14-/m1/s1. The molecule has 1 aromatic heterocycles. The lowest BCUT2D eigenvalue weighted by atomic mass is 9.95. The van der Waals surface area contributed by atoms with Crippen LogP contribution in [0.2, 0.25) is 0 Å². The van der Waals surface area contributed by atoms with Crippen molar-refractivity contribution in [1.29, 1.82) is 0 Å². The first-order valence-corrected chi connectivity index (χ1v) is 9.68. The number of amides is 1. The van der Waals surface area contributed by atoms with Crippen molar-refractivity contribution in [2.24, 2.45) is 5.92 Å². The van der Waals surface area contributed by atoms with Gasteiger partial charge in [0.25, 0.3) is 0 Å². The number of pyridine rings is 1. The number of nitrogens with zero attached hydrogens (tertiary/aromatic N) is 3. The largest absolute Gasteiger partial charge is 0.419 e. The highest BCUT2D eigenvalue weighted by Crippen LogP contribution is 2.36. The first-order valence-electron chi connectivity index (χ1n) is 9.68. The van der Waals surface area contributed by atoms with Crippen molar-refractivity contribution >= 4 is 11.7 Å². The van der Waals surface area contributed by atoms with Crippen molar-refractivity contribution in [3.05, 3.63) is 23.9 Å². The Morgan fingerprint density at radius 1 is 1.26 bits per heavy atom. The van der Waals surface area contributed by atoms with Crippen LogP contribution < -0.4 is 10.2 Å². The normalized spacial score (nSPS) is 22.7. The highest BCUT2D eigenvalue weighted by Gasteiger charge is 2.37. The minimum Gasteiger partial charge on any atom is -0.355 e. The van der Waals surface area contributed by atoms with Gasteiger partial charge in [-0.2, -0.15) is 13.2 Å². The van der Waals surface area contributed by atoms with Crippen LogP contribution in [0, 0.1) is 5.92 Å². The van der Waals surface area contributed by atoms with E-state index < -0.39 is 11.7 Å². The number of carbonyl (C=O) groups excluding carboxylic acids is 1. The monoisotopic (exact) mass is 384 g/mol. The molecule has 0 saturated carbocycles. The van der Waals surface area contributed by atoms with Gasteiger partial charge in [-0.15, -0.1) is 0 Å². The van der Waals surface area contributed by atoms with Crippen LogP contribution in [0.1, 0.15) is 38.2 Å². The van der Waals surface area contributed by atoms with Gasteiger partial charge in [-0.05, 0) is 44.4 Å². The molecule has 2 aliphatic rings. The number of halogens is 3. The van der Waals surface area contributed by atoms with Crippen LogP contribution in [0.4, 0.5) is 19.0 Å². The van der Waals surface area contributed by atoms with E-state index in [0.29, 0.717) is 19.4 Å². The second-order valence-corrected chi connectivity index (χ2v) is 7.37. The third kappa shape index (κ3) is 4.91. The van der Waals surface area contributed by atoms with Crippen molar-refractivity contribution in [2.45, 2.75) is 44.8 Å². The lowest BCUT2D eigenvalue weighted by Crippen LogP contribution is -2.49. The van der Waals surface area contributed by atoms with Crippen LogP contribution in [-0.2, 0) is 11.0 Å². The molecule has 0 radical (unpaired) electrons. The summed E-state index contributed by atoms with van der Waals surface area (Å²) in [6.45, 7) is 5.85. The number of hydrogen-bond donors (Lipinski definition) is 1. The first kappa shape index (κ1) is 19.9. The summed E-state index contributed by atoms with van der Waals surface area (Å²) in [7, 11) is 0. The number of piperidine rings is 2. The number of hydrogen-bond acceptors (Lipinski definition) is 4. The van der Waals surface area contributed by atoms with Crippen molar-refractivity contribution < 1.29 is 18.0 Å². The molecule has 8 heteroatoms. The molecule has 0 unspecified atom stereocenters. The van der Waals surface area contributed by atoms with E-state index in [4.69, 9.17) is 0 Å². The average Bonchev–Trinajstić information content (AvgIpc) is 2.68. The van der Waals surface area contributed by atoms with Gasteiger partial charge in [-0.1, -0.05) is 6.92 Å². The molecular weight excluding hydrogens is 357 g/mol. The summed E-state index contributed by atoms with van der Waals surface area (Å²) in [4.78, 5) is 20.6. The summed E-state index contributed by atoms with van der Waals surface area (Å²) < 4.78 is 39.8. The third-order valence-electron chi connectivity index (χ3n) is 5.56. The first-order chi connectivity index (χ1) is 12.9. The van der Waals surface area contributed by atoms with Gasteiger partial charge in [0.1, 0.15) is 5.82 Å². The summed E-state index contributed by atoms with van der Waals surface area (Å²) in [5.41, 5.74) is -0.738. The van der Waals surface area contributed by atoms with E-state index in [0.717, 1.165) is 38.5 Å². The molecule has 2 fully saturated rings. The number of alkyl halides is 3. The zero-order valence-electron chi connectivity index (χ0n) is 15.6. The Morgan fingerprint density at radius 2 is 2.00 bits per heavy atom. The molecule has 0 bridgehead atoms. The molecule has 0 aromatic carbocycles. The molecule has 1 amide bonds. The second-order valence-electron chi connectivity index (χ2n) is 7.37. The second kappa shape index (κ2) is 8.46. The van der Waals surface area contributed by atoms with E-state index in [1.165, 1.54) is 12.3 Å². The summed E-state index contributed by atoms with van der Waals surface area (Å²) in [6.07, 6.45) is 0.148. The molecule has 0 spiro atoms. The Balaban J connectivity index is 1.62. The van der Waals surface area contributed by atoms with Gasteiger partial charge in [0.2, 0.25) is 5.91 Å². The van der Waals surface area contributed by atoms with Crippen LogP contribution in [0.15, 0.2) is 18.3 Å². The zero-order chi connectivity index (χ0) is 19.4. The molecule has 150 valence electrons. The number of nitrogens with one attached hydrogen (secondary N) is 1. The highest BCUT2D eigenvalue weighted by molar-refractivity contribution is 5.80. The van der Waals surface area contributed by atoms with Gasteiger partial charge >= 0.3 is 6.18 Å². The van der Waals surface area contributed by atoms with E-state index in [9.17, 15) is 18.0 Å². The molecule has 27 heavy (non-hydrogen) atoms. The summed E-state index contributed by atoms with van der Waals surface area (Å²) in [6, 6.07) is 2.51. The highest BCUT2D eigenvalue weighted by atomic mass is 19.4. The molecule has 3 rings (SSSR count). The number of likely N-dealkylation sites (tertiary alicyclic amines) is 1. The maximum absolute atomic E-state index is 13.3. The van der Waals surface area contributed by atoms with Gasteiger partial charge in [0.05, 0.1) is 11.5 Å². The number of carbonyl (C=O) groups is 1. The number of anilines is 1. The molecule has 2 saturated heterocycles.